The van der Waals surface area contributed by atoms with Crippen molar-refractivity contribution in [2.75, 3.05) is 20.1 Å². The van der Waals surface area contributed by atoms with Crippen molar-refractivity contribution in [3.05, 3.63) is 16.1 Å². The first-order valence-corrected chi connectivity index (χ1v) is 7.89. The van der Waals surface area contributed by atoms with Crippen LogP contribution in [0.4, 0.5) is 4.79 Å². The highest BCUT2D eigenvalue weighted by Gasteiger charge is 2.10. The molecule has 0 fully saturated rings. The van der Waals surface area contributed by atoms with E-state index in [9.17, 15) is 9.90 Å². The van der Waals surface area contributed by atoms with Crippen molar-refractivity contribution in [3.63, 3.8) is 0 Å². The molecule has 1 unspecified atom stereocenters. The van der Waals surface area contributed by atoms with Crippen LogP contribution in [0.1, 0.15) is 43.8 Å². The number of nitrogens with zero attached hydrogens (tertiary/aromatic N) is 2. The van der Waals surface area contributed by atoms with Crippen LogP contribution in [-0.2, 0) is 6.42 Å². The van der Waals surface area contributed by atoms with Crippen LogP contribution in [0.2, 0.25) is 0 Å². The highest BCUT2D eigenvalue weighted by Crippen LogP contribution is 2.19. The summed E-state index contributed by atoms with van der Waals surface area (Å²) in [5.74, 6) is 0.454. The first-order valence-electron chi connectivity index (χ1n) is 7.01. The Hall–Kier alpha value is -1.14. The predicted octanol–water partition coefficient (Wildman–Crippen LogP) is 2.22. The minimum absolute atomic E-state index is 0.107. The first kappa shape index (κ1) is 16.9. The van der Waals surface area contributed by atoms with Crippen molar-refractivity contribution in [2.24, 2.45) is 0 Å². The Balaban J connectivity index is 2.27. The zero-order chi connectivity index (χ0) is 15.1. The van der Waals surface area contributed by atoms with Gasteiger partial charge in [0.2, 0.25) is 0 Å². The quantitative estimate of drug-likeness (QED) is 0.811. The molecule has 0 aliphatic rings. The maximum absolute atomic E-state index is 11.8. The number of aliphatic hydroxyl groups is 1. The summed E-state index contributed by atoms with van der Waals surface area (Å²) < 4.78 is 0. The molecule has 0 saturated heterocycles. The van der Waals surface area contributed by atoms with Gasteiger partial charge in [0.25, 0.3) is 0 Å². The van der Waals surface area contributed by atoms with Gasteiger partial charge in [-0.3, -0.25) is 0 Å². The van der Waals surface area contributed by atoms with Gasteiger partial charge in [-0.1, -0.05) is 13.8 Å². The molecule has 0 saturated carbocycles. The molecule has 2 N–H and O–H groups in total. The van der Waals surface area contributed by atoms with Crippen LogP contribution in [-0.4, -0.2) is 47.3 Å². The minimum atomic E-state index is -0.380. The summed E-state index contributed by atoms with van der Waals surface area (Å²) in [7, 11) is 1.73. The van der Waals surface area contributed by atoms with Gasteiger partial charge in [0, 0.05) is 37.9 Å². The number of thiazole rings is 1. The summed E-state index contributed by atoms with van der Waals surface area (Å²) >= 11 is 1.67. The number of hydrogen-bond acceptors (Lipinski definition) is 4. The van der Waals surface area contributed by atoms with E-state index >= 15 is 0 Å². The topological polar surface area (TPSA) is 65.5 Å². The predicted molar refractivity (Wildman–Crippen MR) is 82.2 cm³/mol. The summed E-state index contributed by atoms with van der Waals surface area (Å²) in [6, 6.07) is -0.107. The average molecular weight is 299 g/mol. The number of carbonyl (C=O) groups is 1. The van der Waals surface area contributed by atoms with Gasteiger partial charge in [-0.05, 0) is 13.3 Å². The molecule has 1 rings (SSSR count). The second-order valence-corrected chi connectivity index (χ2v) is 6.26. The lowest BCUT2D eigenvalue weighted by atomic mass is 10.2. The van der Waals surface area contributed by atoms with Crippen LogP contribution in [0.3, 0.4) is 0 Å². The van der Waals surface area contributed by atoms with Crippen molar-refractivity contribution in [3.8, 4) is 0 Å². The molecule has 1 aromatic heterocycles. The molecule has 1 aromatic rings. The summed E-state index contributed by atoms with van der Waals surface area (Å²) in [4.78, 5) is 17.9. The van der Waals surface area contributed by atoms with E-state index in [1.54, 1.807) is 30.2 Å². The fourth-order valence-electron chi connectivity index (χ4n) is 1.62. The fourth-order valence-corrected chi connectivity index (χ4v) is 2.49. The van der Waals surface area contributed by atoms with Gasteiger partial charge in [-0.15, -0.1) is 11.3 Å². The molecular formula is C14H25N3O2S. The zero-order valence-electron chi connectivity index (χ0n) is 12.7. The van der Waals surface area contributed by atoms with Gasteiger partial charge >= 0.3 is 6.03 Å². The Labute approximate surface area is 125 Å². The SMILES string of the molecule is CC(O)CCN(C)C(=O)NCCc1csc(C(C)C)n1. The lowest BCUT2D eigenvalue weighted by Gasteiger charge is -2.18. The zero-order valence-corrected chi connectivity index (χ0v) is 13.5. The third kappa shape index (κ3) is 5.88. The Morgan fingerprint density at radius 1 is 1.50 bits per heavy atom. The Morgan fingerprint density at radius 3 is 2.75 bits per heavy atom. The van der Waals surface area contributed by atoms with E-state index in [4.69, 9.17) is 0 Å². The number of hydrogen-bond donors (Lipinski definition) is 2. The van der Waals surface area contributed by atoms with Crippen LogP contribution in [0.25, 0.3) is 0 Å². The van der Waals surface area contributed by atoms with Crippen molar-refractivity contribution < 1.29 is 9.90 Å². The van der Waals surface area contributed by atoms with E-state index in [2.05, 4.69) is 29.5 Å². The van der Waals surface area contributed by atoms with Crippen molar-refractivity contribution >= 4 is 17.4 Å². The summed E-state index contributed by atoms with van der Waals surface area (Å²) in [5.41, 5.74) is 1.03. The molecule has 2 amide bonds. The number of urea groups is 1. The second-order valence-electron chi connectivity index (χ2n) is 5.37. The number of aliphatic hydroxyl groups excluding tert-OH is 1. The first-order chi connectivity index (χ1) is 9.40. The summed E-state index contributed by atoms with van der Waals surface area (Å²) in [6.45, 7) is 7.11. The van der Waals surface area contributed by atoms with E-state index < -0.39 is 0 Å². The number of aromatic nitrogens is 1. The van der Waals surface area contributed by atoms with Gasteiger partial charge in [0.15, 0.2) is 0 Å². The van der Waals surface area contributed by atoms with Crippen molar-refractivity contribution in [2.45, 2.75) is 45.6 Å². The van der Waals surface area contributed by atoms with Gasteiger partial charge in [-0.2, -0.15) is 0 Å². The fraction of sp³-hybridized carbons (Fsp3) is 0.714. The average Bonchev–Trinajstić information content (AvgIpc) is 2.84. The van der Waals surface area contributed by atoms with Crippen LogP contribution >= 0.6 is 11.3 Å². The Bertz CT molecular complexity index is 418. The summed E-state index contributed by atoms with van der Waals surface area (Å²) in [6.07, 6.45) is 0.960. The molecule has 1 atom stereocenters. The highest BCUT2D eigenvalue weighted by molar-refractivity contribution is 7.09. The molecule has 1 heterocycles. The van der Waals surface area contributed by atoms with Gasteiger partial charge < -0.3 is 15.3 Å². The standard InChI is InChI=1S/C14H25N3O2S/c1-10(2)13-16-12(9-20-13)5-7-15-14(19)17(4)8-6-11(3)18/h9-11,18H,5-8H2,1-4H3,(H,15,19). The molecule has 114 valence electrons. The van der Waals surface area contributed by atoms with Crippen LogP contribution < -0.4 is 5.32 Å². The molecular weight excluding hydrogens is 274 g/mol. The second kappa shape index (κ2) is 8.21. The lowest BCUT2D eigenvalue weighted by molar-refractivity contribution is 0.163. The minimum Gasteiger partial charge on any atom is -0.393 e. The van der Waals surface area contributed by atoms with Crippen molar-refractivity contribution in [1.82, 2.24) is 15.2 Å². The third-order valence-corrected chi connectivity index (χ3v) is 4.14. The van der Waals surface area contributed by atoms with Crippen LogP contribution in [0.15, 0.2) is 5.38 Å². The number of amides is 2. The molecule has 5 nitrogen and oxygen atoms in total. The van der Waals surface area contributed by atoms with Gasteiger partial charge in [0.05, 0.1) is 16.8 Å². The van der Waals surface area contributed by atoms with Crippen LogP contribution in [0.5, 0.6) is 0 Å². The maximum atomic E-state index is 11.8. The van der Waals surface area contributed by atoms with Gasteiger partial charge in [0.1, 0.15) is 0 Å². The Morgan fingerprint density at radius 2 is 2.20 bits per heavy atom. The summed E-state index contributed by atoms with van der Waals surface area (Å²) in [5, 5.41) is 15.2. The highest BCUT2D eigenvalue weighted by atomic mass is 32.1. The van der Waals surface area contributed by atoms with E-state index in [0.29, 0.717) is 25.4 Å². The molecule has 0 spiro atoms. The van der Waals surface area contributed by atoms with E-state index in [-0.39, 0.29) is 12.1 Å². The molecule has 0 aliphatic heterocycles. The number of carbonyl (C=O) groups excluding carboxylic acids is 1. The molecule has 0 aromatic carbocycles. The smallest absolute Gasteiger partial charge is 0.317 e. The largest absolute Gasteiger partial charge is 0.393 e. The molecule has 0 aliphatic carbocycles. The van der Waals surface area contributed by atoms with E-state index in [1.807, 2.05) is 0 Å². The molecule has 0 bridgehead atoms. The van der Waals surface area contributed by atoms with Gasteiger partial charge in [-0.25, -0.2) is 9.78 Å². The normalized spacial score (nSPS) is 12.5. The third-order valence-electron chi connectivity index (χ3n) is 2.95. The Kier molecular flexibility index (Phi) is 6.95. The van der Waals surface area contributed by atoms with Crippen LogP contribution in [0, 0.1) is 0 Å². The monoisotopic (exact) mass is 299 g/mol. The molecule has 6 heteroatoms. The lowest BCUT2D eigenvalue weighted by Crippen LogP contribution is -2.39. The number of rotatable bonds is 7. The molecule has 0 radical (unpaired) electrons. The van der Waals surface area contributed by atoms with E-state index in [0.717, 1.165) is 17.1 Å². The maximum Gasteiger partial charge on any atom is 0.317 e. The number of nitrogens with one attached hydrogen (secondary N) is 1. The van der Waals surface area contributed by atoms with Crippen molar-refractivity contribution in [1.29, 1.82) is 0 Å². The van der Waals surface area contributed by atoms with E-state index in [1.165, 1.54) is 0 Å². The molecule has 20 heavy (non-hydrogen) atoms.